The predicted molar refractivity (Wildman–Crippen MR) is 143 cm³/mol. The van der Waals surface area contributed by atoms with Crippen molar-refractivity contribution in [2.24, 2.45) is 11.8 Å². The van der Waals surface area contributed by atoms with Gasteiger partial charge in [-0.2, -0.15) is 0 Å². The molecule has 2 saturated heterocycles. The molecule has 1 unspecified atom stereocenters. The number of aliphatic hydroxyl groups excluding tert-OH is 1. The van der Waals surface area contributed by atoms with Crippen molar-refractivity contribution in [3.63, 3.8) is 0 Å². The molecule has 0 aliphatic carbocycles. The van der Waals surface area contributed by atoms with E-state index < -0.39 is 28.7 Å². The Balaban J connectivity index is 1.62. The van der Waals surface area contributed by atoms with Crippen molar-refractivity contribution in [3.8, 4) is 0 Å². The van der Waals surface area contributed by atoms with Gasteiger partial charge in [0.25, 0.3) is 0 Å². The van der Waals surface area contributed by atoms with Gasteiger partial charge in [-0.1, -0.05) is 54.6 Å². The number of likely N-dealkylation sites (tertiary alicyclic amines) is 1. The van der Waals surface area contributed by atoms with E-state index in [1.807, 2.05) is 62.4 Å². The van der Waals surface area contributed by atoms with Crippen molar-refractivity contribution in [1.29, 1.82) is 0 Å². The number of benzene rings is 1. The van der Waals surface area contributed by atoms with Crippen LogP contribution in [0.4, 0.5) is 0 Å². The van der Waals surface area contributed by atoms with Crippen LogP contribution in [0, 0.1) is 11.8 Å². The third kappa shape index (κ3) is 4.52. The average Bonchev–Trinajstić information content (AvgIpc) is 3.27. The molecule has 1 N–H and O–H groups in total. The normalized spacial score (nSPS) is 33.5. The lowest BCUT2D eigenvalue weighted by Crippen LogP contribution is -2.57. The van der Waals surface area contributed by atoms with Gasteiger partial charge in [0.05, 0.1) is 35.8 Å². The molecule has 4 aliphatic rings. The van der Waals surface area contributed by atoms with Gasteiger partial charge in [-0.15, -0.1) is 11.8 Å². The molecule has 5 rings (SSSR count). The molecule has 37 heavy (non-hydrogen) atoms. The van der Waals surface area contributed by atoms with Gasteiger partial charge < -0.3 is 19.6 Å². The molecule has 0 bridgehead atoms. The highest BCUT2D eigenvalue weighted by atomic mass is 32.2. The van der Waals surface area contributed by atoms with E-state index in [0.29, 0.717) is 19.6 Å². The van der Waals surface area contributed by atoms with E-state index in [9.17, 15) is 19.5 Å². The number of fused-ring (bicyclic) bond motifs is 2. The molecule has 198 valence electrons. The lowest BCUT2D eigenvalue weighted by atomic mass is 9.78. The Morgan fingerprint density at radius 3 is 2.62 bits per heavy atom. The topological polar surface area (TPSA) is 87.2 Å². The number of nitrogens with zero attached hydrogens (tertiary/aromatic N) is 2. The predicted octanol–water partition coefficient (Wildman–Crippen LogP) is 2.98. The van der Waals surface area contributed by atoms with Crippen LogP contribution in [0.25, 0.3) is 0 Å². The Bertz CT molecular complexity index is 1090. The number of ether oxygens (including phenoxy) is 1. The molecule has 7 nitrogen and oxygen atoms in total. The molecule has 1 aromatic carbocycles. The summed E-state index contributed by atoms with van der Waals surface area (Å²) in [5.41, 5.74) is 0.976. The van der Waals surface area contributed by atoms with Crippen LogP contribution in [0.15, 0.2) is 54.6 Å². The molecule has 2 fully saturated rings. The van der Waals surface area contributed by atoms with Crippen LogP contribution >= 0.6 is 11.8 Å². The van der Waals surface area contributed by atoms with E-state index in [1.54, 1.807) is 21.6 Å². The van der Waals surface area contributed by atoms with Crippen LogP contribution in [-0.4, -0.2) is 80.6 Å². The zero-order chi connectivity index (χ0) is 26.2. The number of esters is 1. The summed E-state index contributed by atoms with van der Waals surface area (Å²) in [7, 11) is 0. The van der Waals surface area contributed by atoms with E-state index >= 15 is 0 Å². The maximum Gasteiger partial charge on any atom is 0.311 e. The number of cyclic esters (lactones) is 1. The summed E-state index contributed by atoms with van der Waals surface area (Å²) in [6, 6.07) is 8.25. The van der Waals surface area contributed by atoms with Crippen molar-refractivity contribution in [3.05, 3.63) is 60.2 Å². The molecule has 6 atom stereocenters. The number of amides is 2. The molecule has 0 aromatic heterocycles. The standard InChI is InChI=1S/C29H36N2O5S/c1-19(2)30-15-10-14-29-24(23-22(37-29)13-8-3-4-9-16-36-28(23)35)26(33)31(25(29)27(30)34)21(18-32)17-20-11-6-5-7-12-20/h5-8,10-14,19,21-25,32H,3-4,9,15-18H2,1-2H3/b13-8-/t21-,22+,23-,24+,25?,29+/m1/s1. The summed E-state index contributed by atoms with van der Waals surface area (Å²) in [6.07, 6.45) is 11.2. The van der Waals surface area contributed by atoms with Crippen molar-refractivity contribution < 1.29 is 24.2 Å². The molecule has 2 amide bonds. The van der Waals surface area contributed by atoms with Crippen molar-refractivity contribution in [2.45, 2.75) is 67.7 Å². The lowest BCUT2D eigenvalue weighted by Gasteiger charge is -2.39. The number of hydrogen-bond donors (Lipinski definition) is 1. The Morgan fingerprint density at radius 1 is 1.11 bits per heavy atom. The SMILES string of the molecule is CC(C)N1CC=C[C@]23S[C@H]4/C=C\CCCCOC(=O)[C@H]4[C@H]2C(=O)N([C@@H](CO)Cc2ccccc2)C3C1=O. The van der Waals surface area contributed by atoms with Crippen molar-refractivity contribution in [1.82, 2.24) is 9.80 Å². The fourth-order valence-electron chi connectivity index (χ4n) is 6.37. The highest BCUT2D eigenvalue weighted by Gasteiger charge is 2.71. The van der Waals surface area contributed by atoms with Gasteiger partial charge in [-0.3, -0.25) is 14.4 Å². The number of thioether (sulfide) groups is 1. The first-order valence-corrected chi connectivity index (χ1v) is 14.2. The largest absolute Gasteiger partial charge is 0.465 e. The summed E-state index contributed by atoms with van der Waals surface area (Å²) in [5, 5.41) is 10.3. The van der Waals surface area contributed by atoms with Crippen LogP contribution in [0.5, 0.6) is 0 Å². The minimum Gasteiger partial charge on any atom is -0.465 e. The van der Waals surface area contributed by atoms with E-state index in [1.165, 1.54) is 0 Å². The first kappa shape index (κ1) is 26.0. The second-order valence-corrected chi connectivity index (χ2v) is 12.2. The summed E-state index contributed by atoms with van der Waals surface area (Å²) < 4.78 is 4.77. The van der Waals surface area contributed by atoms with Crippen LogP contribution < -0.4 is 0 Å². The van der Waals surface area contributed by atoms with Crippen LogP contribution in [0.2, 0.25) is 0 Å². The minimum absolute atomic E-state index is 0.0537. The molecule has 1 aromatic rings. The monoisotopic (exact) mass is 524 g/mol. The summed E-state index contributed by atoms with van der Waals surface area (Å²) >= 11 is 1.55. The number of aliphatic hydroxyl groups is 1. The highest BCUT2D eigenvalue weighted by Crippen LogP contribution is 2.61. The summed E-state index contributed by atoms with van der Waals surface area (Å²) in [6.45, 7) is 4.45. The quantitative estimate of drug-likeness (QED) is 0.471. The van der Waals surface area contributed by atoms with Gasteiger partial charge in [-0.05, 0) is 45.1 Å². The van der Waals surface area contributed by atoms with Gasteiger partial charge in [0, 0.05) is 17.8 Å². The number of allylic oxidation sites excluding steroid dienone is 1. The van der Waals surface area contributed by atoms with E-state index in [2.05, 4.69) is 6.08 Å². The first-order chi connectivity index (χ1) is 17.9. The summed E-state index contributed by atoms with van der Waals surface area (Å²) in [4.78, 5) is 45.5. The van der Waals surface area contributed by atoms with Gasteiger partial charge in [0.1, 0.15) is 6.04 Å². The van der Waals surface area contributed by atoms with E-state index in [0.717, 1.165) is 24.8 Å². The van der Waals surface area contributed by atoms with Gasteiger partial charge >= 0.3 is 5.97 Å². The van der Waals surface area contributed by atoms with E-state index in [-0.39, 0.29) is 35.7 Å². The molecule has 8 heteroatoms. The second kappa shape index (κ2) is 10.7. The third-order valence-corrected chi connectivity index (χ3v) is 9.86. The zero-order valence-electron chi connectivity index (χ0n) is 21.5. The van der Waals surface area contributed by atoms with Gasteiger partial charge in [0.2, 0.25) is 11.8 Å². The smallest absolute Gasteiger partial charge is 0.311 e. The van der Waals surface area contributed by atoms with Crippen LogP contribution in [0.1, 0.15) is 38.7 Å². The second-order valence-electron chi connectivity index (χ2n) is 10.7. The number of carbonyl (C=O) groups is 3. The average molecular weight is 525 g/mol. The molecule has 0 saturated carbocycles. The van der Waals surface area contributed by atoms with Crippen molar-refractivity contribution in [2.75, 3.05) is 19.8 Å². The number of rotatable bonds is 5. The van der Waals surface area contributed by atoms with Crippen molar-refractivity contribution >= 4 is 29.5 Å². The summed E-state index contributed by atoms with van der Waals surface area (Å²) in [5.74, 6) is -2.16. The fourth-order valence-corrected chi connectivity index (χ4v) is 8.36. The Labute approximate surface area is 222 Å². The molecule has 0 radical (unpaired) electrons. The Kier molecular flexibility index (Phi) is 7.50. The molecule has 4 heterocycles. The Morgan fingerprint density at radius 2 is 1.89 bits per heavy atom. The fraction of sp³-hybridized carbons (Fsp3) is 0.552. The maximum atomic E-state index is 14.4. The van der Waals surface area contributed by atoms with Gasteiger partial charge in [0.15, 0.2) is 0 Å². The molecule has 1 spiro atoms. The lowest BCUT2D eigenvalue weighted by molar-refractivity contribution is -0.153. The number of carbonyl (C=O) groups excluding carboxylic acids is 3. The van der Waals surface area contributed by atoms with Crippen LogP contribution in [0.3, 0.4) is 0 Å². The molecule has 4 aliphatic heterocycles. The molecular weight excluding hydrogens is 488 g/mol. The first-order valence-electron chi connectivity index (χ1n) is 13.3. The van der Waals surface area contributed by atoms with Gasteiger partial charge in [-0.25, -0.2) is 0 Å². The minimum atomic E-state index is -0.908. The van der Waals surface area contributed by atoms with Crippen LogP contribution in [-0.2, 0) is 25.5 Å². The number of hydrogen-bond acceptors (Lipinski definition) is 6. The van der Waals surface area contributed by atoms with E-state index in [4.69, 9.17) is 4.74 Å². The highest BCUT2D eigenvalue weighted by molar-refractivity contribution is 8.02. The zero-order valence-corrected chi connectivity index (χ0v) is 22.3. The Hall–Kier alpha value is -2.58. The maximum absolute atomic E-state index is 14.4. The molecular formula is C29H36N2O5S. The third-order valence-electron chi connectivity index (χ3n) is 8.11.